The predicted molar refractivity (Wildman–Crippen MR) is 97.8 cm³/mol. The van der Waals surface area contributed by atoms with Crippen molar-refractivity contribution in [1.29, 1.82) is 0 Å². The molecule has 1 atom stereocenters. The van der Waals surface area contributed by atoms with E-state index in [2.05, 4.69) is 10.0 Å². The van der Waals surface area contributed by atoms with Crippen molar-refractivity contribution in [1.82, 2.24) is 14.9 Å². The lowest BCUT2D eigenvalue weighted by atomic mass is 9.97. The monoisotopic (exact) mass is 419 g/mol. The van der Waals surface area contributed by atoms with Crippen molar-refractivity contribution in [3.05, 3.63) is 35.4 Å². The maximum Gasteiger partial charge on any atom is 0.416 e. The highest BCUT2D eigenvalue weighted by Gasteiger charge is 2.42. The zero-order chi connectivity index (χ0) is 20.6. The summed E-state index contributed by atoms with van der Waals surface area (Å²) in [6.07, 6.45) is 0.144. The summed E-state index contributed by atoms with van der Waals surface area (Å²) >= 11 is 0. The van der Waals surface area contributed by atoms with E-state index >= 15 is 0 Å². The number of carbonyl (C=O) groups is 1. The maximum atomic E-state index is 12.8. The van der Waals surface area contributed by atoms with E-state index in [1.54, 1.807) is 0 Å². The van der Waals surface area contributed by atoms with Crippen molar-refractivity contribution in [2.45, 2.75) is 50.0 Å². The number of alkyl halides is 3. The molecule has 1 spiro atoms. The number of benzene rings is 1. The fourth-order valence-electron chi connectivity index (χ4n) is 4.08. The lowest BCUT2D eigenvalue weighted by Gasteiger charge is -2.33. The lowest BCUT2D eigenvalue weighted by molar-refractivity contribution is -0.137. The molecule has 3 rings (SSSR count). The third kappa shape index (κ3) is 5.24. The first kappa shape index (κ1) is 21.1. The molecular weight excluding hydrogens is 395 g/mol. The predicted octanol–water partition coefficient (Wildman–Crippen LogP) is 1.87. The van der Waals surface area contributed by atoms with Gasteiger partial charge in [0.1, 0.15) is 6.04 Å². The van der Waals surface area contributed by atoms with Crippen LogP contribution in [0.5, 0.6) is 0 Å². The fraction of sp³-hybridized carbons (Fsp3) is 0.611. The normalized spacial score (nSPS) is 23.6. The Balaban J connectivity index is 1.81. The highest BCUT2D eigenvalue weighted by atomic mass is 32.2. The van der Waals surface area contributed by atoms with Crippen LogP contribution >= 0.6 is 0 Å². The number of hydrogen-bond acceptors (Lipinski definition) is 4. The zero-order valence-electron chi connectivity index (χ0n) is 15.6. The Bertz CT molecular complexity index is 819. The molecule has 1 aromatic rings. The quantitative estimate of drug-likeness (QED) is 0.781. The second kappa shape index (κ2) is 7.64. The summed E-state index contributed by atoms with van der Waals surface area (Å²) in [6, 6.07) is 3.97. The first-order chi connectivity index (χ1) is 13.0. The Morgan fingerprint density at radius 2 is 1.82 bits per heavy atom. The standard InChI is InChI=1S/C18H24F3N3O3S/c1-28(26,27)23-15-11-24(12-17(22-16(15)25)8-2-3-9-17)10-13-4-6-14(7-5-13)18(19,20)21/h4-7,15,23H,2-3,8-12H2,1H3,(H,22,25). The molecule has 1 aliphatic heterocycles. The Morgan fingerprint density at radius 3 is 2.36 bits per heavy atom. The highest BCUT2D eigenvalue weighted by molar-refractivity contribution is 7.88. The highest BCUT2D eigenvalue weighted by Crippen LogP contribution is 2.33. The van der Waals surface area contributed by atoms with Gasteiger partial charge >= 0.3 is 6.18 Å². The van der Waals surface area contributed by atoms with Crippen LogP contribution in [0.3, 0.4) is 0 Å². The zero-order valence-corrected chi connectivity index (χ0v) is 16.4. The molecular formula is C18H24F3N3O3S. The number of nitrogens with zero attached hydrogens (tertiary/aromatic N) is 1. The van der Waals surface area contributed by atoms with Gasteiger partial charge in [0.05, 0.1) is 17.4 Å². The van der Waals surface area contributed by atoms with Crippen molar-refractivity contribution in [3.8, 4) is 0 Å². The van der Waals surface area contributed by atoms with Gasteiger partial charge in [0, 0.05) is 19.6 Å². The van der Waals surface area contributed by atoms with E-state index in [4.69, 9.17) is 0 Å². The van der Waals surface area contributed by atoms with Crippen LogP contribution in [-0.2, 0) is 27.5 Å². The van der Waals surface area contributed by atoms with Crippen molar-refractivity contribution >= 4 is 15.9 Å². The molecule has 156 valence electrons. The van der Waals surface area contributed by atoms with Gasteiger partial charge in [-0.1, -0.05) is 25.0 Å². The van der Waals surface area contributed by atoms with E-state index in [0.29, 0.717) is 18.7 Å². The van der Waals surface area contributed by atoms with Gasteiger partial charge in [0.25, 0.3) is 0 Å². The van der Waals surface area contributed by atoms with Crippen molar-refractivity contribution < 1.29 is 26.4 Å². The van der Waals surface area contributed by atoms with E-state index in [1.807, 2.05) is 4.90 Å². The SMILES string of the molecule is CS(=O)(=O)NC1CN(Cc2ccc(C(F)(F)F)cc2)CC2(CCCC2)NC1=O. The molecule has 1 unspecified atom stereocenters. The molecule has 1 saturated heterocycles. The van der Waals surface area contributed by atoms with Gasteiger partial charge in [-0.05, 0) is 30.5 Å². The summed E-state index contributed by atoms with van der Waals surface area (Å²) in [7, 11) is -3.59. The number of hydrogen-bond donors (Lipinski definition) is 2. The summed E-state index contributed by atoms with van der Waals surface area (Å²) in [5.74, 6) is -0.359. The summed E-state index contributed by atoms with van der Waals surface area (Å²) in [5.41, 5.74) is -0.460. The summed E-state index contributed by atoms with van der Waals surface area (Å²) < 4.78 is 64.0. The van der Waals surface area contributed by atoms with Crippen LogP contribution in [-0.4, -0.2) is 50.2 Å². The van der Waals surface area contributed by atoms with E-state index in [0.717, 1.165) is 44.1 Å². The number of sulfonamides is 1. The van der Waals surface area contributed by atoms with Gasteiger partial charge < -0.3 is 5.32 Å². The molecule has 6 nitrogen and oxygen atoms in total. The van der Waals surface area contributed by atoms with Crippen LogP contribution in [0.4, 0.5) is 13.2 Å². The minimum atomic E-state index is -4.39. The summed E-state index contributed by atoms with van der Waals surface area (Å²) in [4.78, 5) is 14.6. The summed E-state index contributed by atoms with van der Waals surface area (Å²) in [5, 5.41) is 3.02. The van der Waals surface area contributed by atoms with Gasteiger partial charge in [-0.25, -0.2) is 13.1 Å². The van der Waals surface area contributed by atoms with Gasteiger partial charge in [0.15, 0.2) is 0 Å². The van der Waals surface area contributed by atoms with E-state index in [1.165, 1.54) is 12.1 Å². The van der Waals surface area contributed by atoms with E-state index < -0.39 is 33.3 Å². The third-order valence-corrected chi connectivity index (χ3v) is 5.99. The van der Waals surface area contributed by atoms with Gasteiger partial charge in [0.2, 0.25) is 15.9 Å². The Kier molecular flexibility index (Phi) is 5.75. The molecule has 2 N–H and O–H groups in total. The van der Waals surface area contributed by atoms with Crippen LogP contribution in [0.2, 0.25) is 0 Å². The molecule has 10 heteroatoms. The first-order valence-electron chi connectivity index (χ1n) is 9.14. The molecule has 0 bridgehead atoms. The van der Waals surface area contributed by atoms with Crippen LogP contribution in [0.1, 0.15) is 36.8 Å². The lowest BCUT2D eigenvalue weighted by Crippen LogP contribution is -2.54. The number of rotatable bonds is 4. The molecule has 0 radical (unpaired) electrons. The van der Waals surface area contributed by atoms with Crippen molar-refractivity contribution in [2.24, 2.45) is 0 Å². The van der Waals surface area contributed by atoms with Gasteiger partial charge in [-0.15, -0.1) is 0 Å². The molecule has 28 heavy (non-hydrogen) atoms. The molecule has 2 aliphatic rings. The molecule has 0 aromatic heterocycles. The second-order valence-electron chi connectivity index (χ2n) is 7.78. The molecule has 1 aliphatic carbocycles. The van der Waals surface area contributed by atoms with Gasteiger partial charge in [-0.3, -0.25) is 9.69 Å². The molecule has 1 saturated carbocycles. The van der Waals surface area contributed by atoms with Crippen molar-refractivity contribution in [3.63, 3.8) is 0 Å². The third-order valence-electron chi connectivity index (χ3n) is 5.28. The minimum absolute atomic E-state index is 0.154. The Hall–Kier alpha value is -1.65. The number of carbonyl (C=O) groups excluding carboxylic acids is 1. The smallest absolute Gasteiger partial charge is 0.348 e. The molecule has 1 heterocycles. The maximum absolute atomic E-state index is 12.8. The minimum Gasteiger partial charge on any atom is -0.348 e. The largest absolute Gasteiger partial charge is 0.416 e. The Labute approximate surface area is 162 Å². The molecule has 1 aromatic carbocycles. The van der Waals surface area contributed by atoms with Crippen LogP contribution in [0.25, 0.3) is 0 Å². The first-order valence-corrected chi connectivity index (χ1v) is 11.0. The van der Waals surface area contributed by atoms with Crippen LogP contribution in [0, 0.1) is 0 Å². The number of nitrogens with one attached hydrogen (secondary N) is 2. The fourth-order valence-corrected chi connectivity index (χ4v) is 4.78. The van der Waals surface area contributed by atoms with E-state index in [-0.39, 0.29) is 12.5 Å². The van der Waals surface area contributed by atoms with E-state index in [9.17, 15) is 26.4 Å². The number of amides is 1. The average molecular weight is 419 g/mol. The second-order valence-corrected chi connectivity index (χ2v) is 9.56. The molecule has 2 fully saturated rings. The van der Waals surface area contributed by atoms with Crippen LogP contribution in [0.15, 0.2) is 24.3 Å². The molecule has 1 amide bonds. The van der Waals surface area contributed by atoms with Crippen molar-refractivity contribution in [2.75, 3.05) is 19.3 Å². The van der Waals surface area contributed by atoms with Crippen LogP contribution < -0.4 is 10.0 Å². The topological polar surface area (TPSA) is 78.5 Å². The number of halogens is 3. The average Bonchev–Trinajstić information content (AvgIpc) is 2.95. The summed E-state index contributed by atoms with van der Waals surface area (Å²) in [6.45, 7) is 1.01. The Morgan fingerprint density at radius 1 is 1.21 bits per heavy atom. The van der Waals surface area contributed by atoms with Gasteiger partial charge in [-0.2, -0.15) is 13.2 Å².